The van der Waals surface area contributed by atoms with Crippen LogP contribution in [0.15, 0.2) is 71.1 Å². The maximum atomic E-state index is 12.4. The molecule has 0 aliphatic rings. The third-order valence-corrected chi connectivity index (χ3v) is 4.02. The Morgan fingerprint density at radius 2 is 1.54 bits per heavy atom. The van der Waals surface area contributed by atoms with Crippen molar-refractivity contribution in [3.63, 3.8) is 0 Å². The highest BCUT2D eigenvalue weighted by Crippen LogP contribution is 2.31. The summed E-state index contributed by atoms with van der Waals surface area (Å²) in [5.41, 5.74) is 2.05. The van der Waals surface area contributed by atoms with Gasteiger partial charge in [-0.2, -0.15) is 0 Å². The number of hydrogen-bond acceptors (Lipinski definition) is 4. The van der Waals surface area contributed by atoms with Crippen molar-refractivity contribution in [2.75, 3.05) is 0 Å². The first-order chi connectivity index (χ1) is 12.6. The second kappa shape index (κ2) is 6.56. The Hall–Kier alpha value is -3.27. The number of para-hydroxylation sites is 1. The molecule has 4 heteroatoms. The molecule has 0 fully saturated rings. The standard InChI is InChI=1S/C22H18O4/c1-14(2)24-16-9-7-15(8-10-16)22(23)25-17-11-12-21-19(13-17)18-5-3-4-6-20(18)26-21/h3-14H,1-2H3. The van der Waals surface area contributed by atoms with Crippen LogP contribution in [0.25, 0.3) is 21.9 Å². The van der Waals surface area contributed by atoms with Crippen LogP contribution in [0.5, 0.6) is 11.5 Å². The Morgan fingerprint density at radius 1 is 0.846 bits per heavy atom. The lowest BCUT2D eigenvalue weighted by molar-refractivity contribution is 0.0735. The van der Waals surface area contributed by atoms with Crippen molar-refractivity contribution in [2.24, 2.45) is 0 Å². The van der Waals surface area contributed by atoms with E-state index in [-0.39, 0.29) is 6.10 Å². The molecule has 1 heterocycles. The van der Waals surface area contributed by atoms with Crippen LogP contribution < -0.4 is 9.47 Å². The number of rotatable bonds is 4. The maximum absolute atomic E-state index is 12.4. The van der Waals surface area contributed by atoms with Gasteiger partial charge in [-0.1, -0.05) is 18.2 Å². The van der Waals surface area contributed by atoms with E-state index in [1.807, 2.05) is 50.2 Å². The van der Waals surface area contributed by atoms with Gasteiger partial charge in [-0.05, 0) is 62.4 Å². The summed E-state index contributed by atoms with van der Waals surface area (Å²) in [6.45, 7) is 3.91. The molecule has 0 aliphatic carbocycles. The highest BCUT2D eigenvalue weighted by molar-refractivity contribution is 6.05. The molecular weight excluding hydrogens is 328 g/mol. The first kappa shape index (κ1) is 16.2. The molecule has 0 radical (unpaired) electrons. The first-order valence-corrected chi connectivity index (χ1v) is 8.50. The van der Waals surface area contributed by atoms with Gasteiger partial charge in [0.2, 0.25) is 0 Å². The molecule has 0 bridgehead atoms. The molecule has 3 aromatic carbocycles. The minimum Gasteiger partial charge on any atom is -0.491 e. The Labute approximate surface area is 150 Å². The third-order valence-electron chi connectivity index (χ3n) is 4.02. The van der Waals surface area contributed by atoms with Crippen molar-refractivity contribution in [3.05, 3.63) is 72.3 Å². The van der Waals surface area contributed by atoms with Gasteiger partial charge >= 0.3 is 5.97 Å². The number of hydrogen-bond donors (Lipinski definition) is 0. The lowest BCUT2D eigenvalue weighted by atomic mass is 10.1. The molecule has 0 amide bonds. The van der Waals surface area contributed by atoms with Crippen LogP contribution >= 0.6 is 0 Å². The average molecular weight is 346 g/mol. The molecule has 4 aromatic rings. The number of ether oxygens (including phenoxy) is 2. The average Bonchev–Trinajstić information content (AvgIpc) is 3.00. The summed E-state index contributed by atoms with van der Waals surface area (Å²) < 4.78 is 16.9. The molecule has 4 nitrogen and oxygen atoms in total. The maximum Gasteiger partial charge on any atom is 0.343 e. The van der Waals surface area contributed by atoms with Crippen LogP contribution in [0.3, 0.4) is 0 Å². The van der Waals surface area contributed by atoms with Gasteiger partial charge in [-0.3, -0.25) is 0 Å². The number of benzene rings is 3. The highest BCUT2D eigenvalue weighted by Gasteiger charge is 2.12. The highest BCUT2D eigenvalue weighted by atomic mass is 16.5. The lowest BCUT2D eigenvalue weighted by Crippen LogP contribution is -2.09. The normalized spacial score (nSPS) is 11.2. The zero-order valence-electron chi connectivity index (χ0n) is 14.6. The van der Waals surface area contributed by atoms with E-state index < -0.39 is 5.97 Å². The monoisotopic (exact) mass is 346 g/mol. The molecule has 4 rings (SSSR count). The number of carbonyl (C=O) groups is 1. The molecular formula is C22H18O4. The summed E-state index contributed by atoms with van der Waals surface area (Å²) in [5, 5.41) is 1.92. The molecule has 1 aromatic heterocycles. The van der Waals surface area contributed by atoms with Crippen LogP contribution in [-0.4, -0.2) is 12.1 Å². The van der Waals surface area contributed by atoms with Gasteiger partial charge in [0, 0.05) is 10.8 Å². The second-order valence-corrected chi connectivity index (χ2v) is 6.34. The van der Waals surface area contributed by atoms with Gasteiger partial charge < -0.3 is 13.9 Å². The summed E-state index contributed by atoms with van der Waals surface area (Å²) in [6.07, 6.45) is 0.0873. The second-order valence-electron chi connectivity index (χ2n) is 6.34. The van der Waals surface area contributed by atoms with Crippen LogP contribution in [-0.2, 0) is 0 Å². The van der Waals surface area contributed by atoms with Gasteiger partial charge in [-0.15, -0.1) is 0 Å². The summed E-state index contributed by atoms with van der Waals surface area (Å²) in [7, 11) is 0. The van der Waals surface area contributed by atoms with E-state index in [9.17, 15) is 4.79 Å². The van der Waals surface area contributed by atoms with Crippen molar-refractivity contribution in [3.8, 4) is 11.5 Å². The predicted octanol–water partition coefficient (Wildman–Crippen LogP) is 5.59. The van der Waals surface area contributed by atoms with Gasteiger partial charge in [-0.25, -0.2) is 4.79 Å². The number of carbonyl (C=O) groups excluding carboxylic acids is 1. The van der Waals surface area contributed by atoms with Crippen molar-refractivity contribution >= 4 is 27.9 Å². The Morgan fingerprint density at radius 3 is 2.31 bits per heavy atom. The van der Waals surface area contributed by atoms with E-state index in [1.54, 1.807) is 30.3 Å². The van der Waals surface area contributed by atoms with E-state index >= 15 is 0 Å². The van der Waals surface area contributed by atoms with E-state index in [2.05, 4.69) is 0 Å². The van der Waals surface area contributed by atoms with E-state index in [0.717, 1.165) is 27.7 Å². The Balaban J connectivity index is 1.58. The molecule has 130 valence electrons. The number of fused-ring (bicyclic) bond motifs is 3. The summed E-state index contributed by atoms with van der Waals surface area (Å²) in [6, 6.07) is 20.1. The van der Waals surface area contributed by atoms with Crippen molar-refractivity contribution in [1.29, 1.82) is 0 Å². The summed E-state index contributed by atoms with van der Waals surface area (Å²) in [5.74, 6) is 0.799. The van der Waals surface area contributed by atoms with Crippen LogP contribution in [0.1, 0.15) is 24.2 Å². The molecule has 0 saturated carbocycles. The van der Waals surface area contributed by atoms with E-state index in [0.29, 0.717) is 11.3 Å². The molecule has 0 N–H and O–H groups in total. The quantitative estimate of drug-likeness (QED) is 0.357. The molecule has 0 unspecified atom stereocenters. The lowest BCUT2D eigenvalue weighted by Gasteiger charge is -2.10. The first-order valence-electron chi connectivity index (χ1n) is 8.50. The largest absolute Gasteiger partial charge is 0.491 e. The minimum atomic E-state index is -0.409. The Bertz CT molecular complexity index is 1070. The zero-order chi connectivity index (χ0) is 18.1. The van der Waals surface area contributed by atoms with Crippen molar-refractivity contribution in [1.82, 2.24) is 0 Å². The van der Waals surface area contributed by atoms with Crippen LogP contribution in [0, 0.1) is 0 Å². The van der Waals surface area contributed by atoms with Gasteiger partial charge in [0.15, 0.2) is 0 Å². The fourth-order valence-electron chi connectivity index (χ4n) is 2.88. The summed E-state index contributed by atoms with van der Waals surface area (Å²) in [4.78, 5) is 12.4. The van der Waals surface area contributed by atoms with Crippen molar-refractivity contribution < 1.29 is 18.7 Å². The van der Waals surface area contributed by atoms with Crippen LogP contribution in [0.2, 0.25) is 0 Å². The zero-order valence-corrected chi connectivity index (χ0v) is 14.6. The molecule has 26 heavy (non-hydrogen) atoms. The van der Waals surface area contributed by atoms with Gasteiger partial charge in [0.05, 0.1) is 11.7 Å². The fraction of sp³-hybridized carbons (Fsp3) is 0.136. The van der Waals surface area contributed by atoms with E-state index in [1.165, 1.54) is 0 Å². The predicted molar refractivity (Wildman–Crippen MR) is 101 cm³/mol. The number of esters is 1. The smallest absolute Gasteiger partial charge is 0.343 e. The minimum absolute atomic E-state index is 0.0873. The van der Waals surface area contributed by atoms with Gasteiger partial charge in [0.1, 0.15) is 22.7 Å². The molecule has 0 atom stereocenters. The summed E-state index contributed by atoms with van der Waals surface area (Å²) >= 11 is 0. The molecule has 0 spiro atoms. The topological polar surface area (TPSA) is 48.7 Å². The van der Waals surface area contributed by atoms with Crippen LogP contribution in [0.4, 0.5) is 0 Å². The molecule has 0 saturated heterocycles. The molecule has 0 aliphatic heterocycles. The number of furan rings is 1. The third kappa shape index (κ3) is 3.14. The van der Waals surface area contributed by atoms with Gasteiger partial charge in [0.25, 0.3) is 0 Å². The van der Waals surface area contributed by atoms with Crippen molar-refractivity contribution in [2.45, 2.75) is 20.0 Å². The Kier molecular flexibility index (Phi) is 4.09. The van der Waals surface area contributed by atoms with E-state index in [4.69, 9.17) is 13.9 Å². The fourth-order valence-corrected chi connectivity index (χ4v) is 2.88. The SMILES string of the molecule is CC(C)Oc1ccc(C(=O)Oc2ccc3oc4ccccc4c3c2)cc1.